The SMILES string of the molecule is O=[N+]([O-])c1c(F)cccc1S(=O)(=O)NCCC1CCCN1. The van der Waals surface area contributed by atoms with Gasteiger partial charge in [0, 0.05) is 12.6 Å². The van der Waals surface area contributed by atoms with Crippen molar-refractivity contribution in [1.82, 2.24) is 10.0 Å². The molecule has 1 aliphatic heterocycles. The third-order valence-corrected chi connectivity index (χ3v) is 4.86. The summed E-state index contributed by atoms with van der Waals surface area (Å²) in [7, 11) is -4.11. The first kappa shape index (κ1) is 15.8. The van der Waals surface area contributed by atoms with Crippen molar-refractivity contribution in [2.75, 3.05) is 13.1 Å². The lowest BCUT2D eigenvalue weighted by Crippen LogP contribution is -2.31. The van der Waals surface area contributed by atoms with E-state index in [0.29, 0.717) is 6.42 Å². The molecule has 7 nitrogen and oxygen atoms in total. The van der Waals surface area contributed by atoms with Gasteiger partial charge in [-0.05, 0) is 37.9 Å². The summed E-state index contributed by atoms with van der Waals surface area (Å²) in [5, 5.41) is 14.1. The van der Waals surface area contributed by atoms with Crippen LogP contribution in [0.1, 0.15) is 19.3 Å². The van der Waals surface area contributed by atoms with E-state index in [1.54, 1.807) is 0 Å². The Morgan fingerprint density at radius 1 is 1.48 bits per heavy atom. The van der Waals surface area contributed by atoms with Gasteiger partial charge in [0.2, 0.25) is 15.8 Å². The first-order valence-electron chi connectivity index (χ1n) is 6.58. The van der Waals surface area contributed by atoms with Crippen LogP contribution in [-0.2, 0) is 10.0 Å². The summed E-state index contributed by atoms with van der Waals surface area (Å²) in [5.74, 6) is -1.17. The Kier molecular flexibility index (Phi) is 4.86. The zero-order chi connectivity index (χ0) is 15.5. The van der Waals surface area contributed by atoms with Crippen molar-refractivity contribution in [2.45, 2.75) is 30.2 Å². The Labute approximate surface area is 121 Å². The van der Waals surface area contributed by atoms with Crippen molar-refractivity contribution in [3.05, 3.63) is 34.1 Å². The van der Waals surface area contributed by atoms with E-state index in [1.807, 2.05) is 0 Å². The van der Waals surface area contributed by atoms with E-state index in [4.69, 9.17) is 0 Å². The molecule has 1 saturated heterocycles. The fraction of sp³-hybridized carbons (Fsp3) is 0.500. The Hall–Kier alpha value is -1.58. The fourth-order valence-electron chi connectivity index (χ4n) is 2.34. The van der Waals surface area contributed by atoms with E-state index >= 15 is 0 Å². The molecule has 1 aromatic rings. The molecule has 1 fully saturated rings. The van der Waals surface area contributed by atoms with E-state index in [2.05, 4.69) is 10.0 Å². The zero-order valence-corrected chi connectivity index (χ0v) is 12.0. The molecule has 0 amide bonds. The number of nitro benzene ring substituents is 1. The number of hydrogen-bond acceptors (Lipinski definition) is 5. The lowest BCUT2D eigenvalue weighted by Gasteiger charge is -2.11. The monoisotopic (exact) mass is 317 g/mol. The summed E-state index contributed by atoms with van der Waals surface area (Å²) >= 11 is 0. The number of sulfonamides is 1. The summed E-state index contributed by atoms with van der Waals surface area (Å²) in [6.07, 6.45) is 2.61. The zero-order valence-electron chi connectivity index (χ0n) is 11.2. The normalized spacial score (nSPS) is 18.8. The minimum atomic E-state index is -4.11. The molecule has 1 unspecified atom stereocenters. The summed E-state index contributed by atoms with van der Waals surface area (Å²) < 4.78 is 39.9. The van der Waals surface area contributed by atoms with Crippen LogP contribution in [0, 0.1) is 15.9 Å². The molecule has 2 rings (SSSR count). The molecule has 1 aromatic carbocycles. The van der Waals surface area contributed by atoms with Crippen LogP contribution in [0.3, 0.4) is 0 Å². The first-order chi connectivity index (χ1) is 9.92. The molecule has 2 N–H and O–H groups in total. The van der Waals surface area contributed by atoms with Gasteiger partial charge < -0.3 is 5.32 Å². The molecule has 0 aromatic heterocycles. The van der Waals surface area contributed by atoms with Crippen LogP contribution in [0.5, 0.6) is 0 Å². The maximum absolute atomic E-state index is 13.5. The first-order valence-corrected chi connectivity index (χ1v) is 8.06. The number of nitro groups is 1. The highest BCUT2D eigenvalue weighted by Gasteiger charge is 2.29. The number of hydrogen-bond donors (Lipinski definition) is 2. The van der Waals surface area contributed by atoms with Crippen LogP contribution in [0.2, 0.25) is 0 Å². The standard InChI is InChI=1S/C12H16FN3O4S/c13-10-4-1-5-11(12(10)16(17)18)21(19,20)15-8-6-9-3-2-7-14-9/h1,4-5,9,14-15H,2-3,6-8H2. The molecule has 1 heterocycles. The molecule has 9 heteroatoms. The highest BCUT2D eigenvalue weighted by molar-refractivity contribution is 7.89. The van der Waals surface area contributed by atoms with Crippen LogP contribution in [0.4, 0.5) is 10.1 Å². The molecular weight excluding hydrogens is 301 g/mol. The van der Waals surface area contributed by atoms with Gasteiger partial charge in [-0.1, -0.05) is 6.07 Å². The van der Waals surface area contributed by atoms with Gasteiger partial charge >= 0.3 is 5.69 Å². The molecule has 116 valence electrons. The summed E-state index contributed by atoms with van der Waals surface area (Å²) in [6.45, 7) is 1.06. The Balaban J connectivity index is 2.12. The van der Waals surface area contributed by atoms with Crippen LogP contribution < -0.4 is 10.0 Å². The van der Waals surface area contributed by atoms with Crippen LogP contribution in [0.15, 0.2) is 23.1 Å². The second-order valence-electron chi connectivity index (χ2n) is 4.82. The molecule has 21 heavy (non-hydrogen) atoms. The van der Waals surface area contributed by atoms with Gasteiger partial charge in [-0.15, -0.1) is 0 Å². The smallest absolute Gasteiger partial charge is 0.314 e. The number of benzene rings is 1. The number of nitrogens with zero attached hydrogens (tertiary/aromatic N) is 1. The van der Waals surface area contributed by atoms with Crippen LogP contribution in [0.25, 0.3) is 0 Å². The molecule has 1 atom stereocenters. The number of rotatable bonds is 6. The quantitative estimate of drug-likeness (QED) is 0.605. The van der Waals surface area contributed by atoms with E-state index in [0.717, 1.165) is 37.6 Å². The Morgan fingerprint density at radius 2 is 2.24 bits per heavy atom. The maximum atomic E-state index is 13.5. The molecule has 1 aliphatic rings. The van der Waals surface area contributed by atoms with Gasteiger partial charge in [0.1, 0.15) is 0 Å². The minimum Gasteiger partial charge on any atom is -0.314 e. The second-order valence-corrected chi connectivity index (χ2v) is 6.56. The maximum Gasteiger partial charge on any atom is 0.324 e. The fourth-order valence-corrected chi connectivity index (χ4v) is 3.56. The van der Waals surface area contributed by atoms with Crippen molar-refractivity contribution in [3.8, 4) is 0 Å². The molecule has 0 bridgehead atoms. The van der Waals surface area contributed by atoms with E-state index < -0.39 is 31.3 Å². The van der Waals surface area contributed by atoms with Crippen molar-refractivity contribution in [2.24, 2.45) is 0 Å². The number of para-hydroxylation sites is 1. The topological polar surface area (TPSA) is 101 Å². The van der Waals surface area contributed by atoms with Crippen LogP contribution >= 0.6 is 0 Å². The highest BCUT2D eigenvalue weighted by Crippen LogP contribution is 2.26. The lowest BCUT2D eigenvalue weighted by atomic mass is 10.2. The van der Waals surface area contributed by atoms with Gasteiger partial charge in [0.25, 0.3) is 0 Å². The van der Waals surface area contributed by atoms with E-state index in [-0.39, 0.29) is 12.6 Å². The van der Waals surface area contributed by atoms with Gasteiger partial charge in [-0.3, -0.25) is 10.1 Å². The third-order valence-electron chi connectivity index (χ3n) is 3.37. The van der Waals surface area contributed by atoms with Gasteiger partial charge in [-0.2, -0.15) is 4.39 Å². The predicted molar refractivity (Wildman–Crippen MR) is 73.9 cm³/mol. The summed E-state index contributed by atoms with van der Waals surface area (Å²) in [4.78, 5) is 9.16. The van der Waals surface area contributed by atoms with Gasteiger partial charge in [-0.25, -0.2) is 13.1 Å². The van der Waals surface area contributed by atoms with Gasteiger partial charge in [0.15, 0.2) is 4.90 Å². The third kappa shape index (κ3) is 3.74. The van der Waals surface area contributed by atoms with Crippen LogP contribution in [-0.4, -0.2) is 32.5 Å². The molecule has 0 aliphatic carbocycles. The molecule has 0 radical (unpaired) electrons. The summed E-state index contributed by atoms with van der Waals surface area (Å²) in [5.41, 5.74) is -1.02. The minimum absolute atomic E-state index is 0.146. The van der Waals surface area contributed by atoms with E-state index in [1.165, 1.54) is 0 Å². The second kappa shape index (κ2) is 6.46. The lowest BCUT2D eigenvalue weighted by molar-refractivity contribution is -0.390. The molecule has 0 saturated carbocycles. The highest BCUT2D eigenvalue weighted by atomic mass is 32.2. The average molecular weight is 317 g/mol. The molecule has 0 spiro atoms. The van der Waals surface area contributed by atoms with Gasteiger partial charge in [0.05, 0.1) is 4.92 Å². The van der Waals surface area contributed by atoms with Crippen molar-refractivity contribution in [3.63, 3.8) is 0 Å². The number of nitrogens with one attached hydrogen (secondary N) is 2. The summed E-state index contributed by atoms with van der Waals surface area (Å²) in [6, 6.07) is 3.27. The van der Waals surface area contributed by atoms with Crippen molar-refractivity contribution < 1.29 is 17.7 Å². The predicted octanol–water partition coefficient (Wildman–Crippen LogP) is 1.15. The largest absolute Gasteiger partial charge is 0.324 e. The number of halogens is 1. The van der Waals surface area contributed by atoms with Crippen molar-refractivity contribution >= 4 is 15.7 Å². The molecular formula is C12H16FN3O4S. The van der Waals surface area contributed by atoms with E-state index in [9.17, 15) is 22.9 Å². The van der Waals surface area contributed by atoms with Crippen molar-refractivity contribution in [1.29, 1.82) is 0 Å². The Bertz CT molecular complexity index is 629. The Morgan fingerprint density at radius 3 is 2.86 bits per heavy atom. The average Bonchev–Trinajstić information content (AvgIpc) is 2.91.